The molecule has 1 atom stereocenters. The van der Waals surface area contributed by atoms with E-state index in [4.69, 9.17) is 5.11 Å². The molecule has 1 aliphatic heterocycles. The minimum absolute atomic E-state index is 0.00757. The molecule has 0 saturated carbocycles. The molecule has 0 aliphatic carbocycles. The Kier molecular flexibility index (Phi) is 5.26. The summed E-state index contributed by atoms with van der Waals surface area (Å²) in [4.78, 5) is 37.0. The van der Waals surface area contributed by atoms with Crippen LogP contribution in [0.2, 0.25) is 0 Å². The van der Waals surface area contributed by atoms with Crippen LogP contribution in [-0.4, -0.2) is 35.0 Å². The van der Waals surface area contributed by atoms with Gasteiger partial charge < -0.3 is 15.3 Å². The van der Waals surface area contributed by atoms with Gasteiger partial charge in [0.15, 0.2) is 0 Å². The molecule has 2 amide bonds. The Hall–Kier alpha value is -2.37. The van der Waals surface area contributed by atoms with Crippen molar-refractivity contribution in [1.29, 1.82) is 0 Å². The average Bonchev–Trinajstić information content (AvgIpc) is 2.88. The second-order valence-electron chi connectivity index (χ2n) is 7.01. The van der Waals surface area contributed by atoms with Gasteiger partial charge in [-0.1, -0.05) is 17.7 Å². The number of nitrogens with zero attached hydrogens (tertiary/aromatic N) is 1. The summed E-state index contributed by atoms with van der Waals surface area (Å²) in [6, 6.07) is 7.63. The summed E-state index contributed by atoms with van der Waals surface area (Å²) in [6.45, 7) is 5.92. The first-order valence-corrected chi connectivity index (χ1v) is 8.09. The molecule has 1 saturated heterocycles. The van der Waals surface area contributed by atoms with Gasteiger partial charge >= 0.3 is 5.97 Å². The molecule has 6 heteroatoms. The van der Waals surface area contributed by atoms with E-state index in [0.29, 0.717) is 13.0 Å². The van der Waals surface area contributed by atoms with Crippen LogP contribution in [0.3, 0.4) is 0 Å². The standard InChI is InChI=1S/C18H24N2O4/c1-12-4-6-14(7-5-12)20-11-13(10-15(20)21)17(24)19-18(2,3)9-8-16(22)23/h4-7,13H,8-11H2,1-3H3,(H,19,24)(H,22,23). The zero-order chi connectivity index (χ0) is 17.9. The molecule has 1 aromatic carbocycles. The van der Waals surface area contributed by atoms with E-state index in [1.165, 1.54) is 0 Å². The van der Waals surface area contributed by atoms with Gasteiger partial charge in [0.1, 0.15) is 0 Å². The highest BCUT2D eigenvalue weighted by molar-refractivity contribution is 6.00. The summed E-state index contributed by atoms with van der Waals surface area (Å²) < 4.78 is 0. The van der Waals surface area contributed by atoms with Gasteiger partial charge in [-0.2, -0.15) is 0 Å². The van der Waals surface area contributed by atoms with Crippen molar-refractivity contribution in [2.45, 2.75) is 45.6 Å². The topological polar surface area (TPSA) is 86.7 Å². The lowest BCUT2D eigenvalue weighted by atomic mass is 9.96. The summed E-state index contributed by atoms with van der Waals surface area (Å²) in [5, 5.41) is 11.6. The quantitative estimate of drug-likeness (QED) is 0.835. The molecule has 6 nitrogen and oxygen atoms in total. The third kappa shape index (κ3) is 4.57. The first-order valence-electron chi connectivity index (χ1n) is 8.09. The van der Waals surface area contributed by atoms with E-state index in [2.05, 4.69) is 5.32 Å². The van der Waals surface area contributed by atoms with Crippen molar-refractivity contribution in [3.05, 3.63) is 29.8 Å². The maximum Gasteiger partial charge on any atom is 0.303 e. The van der Waals surface area contributed by atoms with Gasteiger partial charge in [-0.05, 0) is 39.3 Å². The Morgan fingerprint density at radius 3 is 2.50 bits per heavy atom. The fraction of sp³-hybridized carbons (Fsp3) is 0.500. The highest BCUT2D eigenvalue weighted by Gasteiger charge is 2.36. The minimum Gasteiger partial charge on any atom is -0.481 e. The number of hydrogen-bond donors (Lipinski definition) is 2. The Morgan fingerprint density at radius 1 is 1.29 bits per heavy atom. The largest absolute Gasteiger partial charge is 0.481 e. The minimum atomic E-state index is -0.890. The second-order valence-corrected chi connectivity index (χ2v) is 7.01. The number of aliphatic carboxylic acids is 1. The summed E-state index contributed by atoms with van der Waals surface area (Å²) in [6.07, 6.45) is 0.511. The van der Waals surface area contributed by atoms with Crippen LogP contribution in [0, 0.1) is 12.8 Å². The number of nitrogens with one attached hydrogen (secondary N) is 1. The van der Waals surface area contributed by atoms with Crippen molar-refractivity contribution in [2.75, 3.05) is 11.4 Å². The number of benzene rings is 1. The van der Waals surface area contributed by atoms with Gasteiger partial charge in [-0.3, -0.25) is 14.4 Å². The van der Waals surface area contributed by atoms with Crippen LogP contribution in [0.4, 0.5) is 5.69 Å². The summed E-state index contributed by atoms with van der Waals surface area (Å²) in [7, 11) is 0. The SMILES string of the molecule is Cc1ccc(N2CC(C(=O)NC(C)(C)CCC(=O)O)CC2=O)cc1. The fourth-order valence-corrected chi connectivity index (χ4v) is 2.77. The zero-order valence-corrected chi connectivity index (χ0v) is 14.3. The molecule has 1 aromatic rings. The van der Waals surface area contributed by atoms with Gasteiger partial charge in [0.25, 0.3) is 0 Å². The fourth-order valence-electron chi connectivity index (χ4n) is 2.77. The molecular weight excluding hydrogens is 308 g/mol. The van der Waals surface area contributed by atoms with E-state index in [1.807, 2.05) is 31.2 Å². The molecule has 130 valence electrons. The van der Waals surface area contributed by atoms with Crippen molar-refractivity contribution in [3.8, 4) is 0 Å². The molecule has 0 aromatic heterocycles. The van der Waals surface area contributed by atoms with Crippen molar-refractivity contribution < 1.29 is 19.5 Å². The van der Waals surface area contributed by atoms with Crippen LogP contribution in [0.25, 0.3) is 0 Å². The van der Waals surface area contributed by atoms with E-state index in [-0.39, 0.29) is 24.7 Å². The predicted molar refractivity (Wildman–Crippen MR) is 90.7 cm³/mol. The lowest BCUT2D eigenvalue weighted by Gasteiger charge is -2.27. The van der Waals surface area contributed by atoms with E-state index in [9.17, 15) is 14.4 Å². The average molecular weight is 332 g/mol. The number of carboxylic acid groups (broad SMARTS) is 1. The van der Waals surface area contributed by atoms with Crippen LogP contribution in [0.15, 0.2) is 24.3 Å². The molecule has 1 heterocycles. The first-order chi connectivity index (χ1) is 11.2. The zero-order valence-electron chi connectivity index (χ0n) is 14.3. The number of anilines is 1. The molecule has 1 fully saturated rings. The predicted octanol–water partition coefficient (Wildman–Crippen LogP) is 2.11. The third-order valence-corrected chi connectivity index (χ3v) is 4.27. The smallest absolute Gasteiger partial charge is 0.303 e. The van der Waals surface area contributed by atoms with Crippen molar-refractivity contribution in [2.24, 2.45) is 5.92 Å². The molecule has 0 bridgehead atoms. The molecular formula is C18H24N2O4. The Balaban J connectivity index is 1.98. The monoisotopic (exact) mass is 332 g/mol. The number of carbonyl (C=O) groups excluding carboxylic acids is 2. The van der Waals surface area contributed by atoms with E-state index in [1.54, 1.807) is 18.7 Å². The van der Waals surface area contributed by atoms with Gasteiger partial charge in [0, 0.05) is 30.6 Å². The molecule has 1 unspecified atom stereocenters. The van der Waals surface area contributed by atoms with Gasteiger partial charge in [-0.25, -0.2) is 0 Å². The summed E-state index contributed by atoms with van der Waals surface area (Å²) in [5.74, 6) is -1.57. The number of rotatable bonds is 6. The Bertz CT molecular complexity index is 637. The van der Waals surface area contributed by atoms with E-state index < -0.39 is 17.4 Å². The van der Waals surface area contributed by atoms with Gasteiger partial charge in [-0.15, -0.1) is 0 Å². The summed E-state index contributed by atoms with van der Waals surface area (Å²) >= 11 is 0. The Labute approximate surface area is 141 Å². The molecule has 0 radical (unpaired) electrons. The van der Waals surface area contributed by atoms with Gasteiger partial charge in [0.2, 0.25) is 11.8 Å². The van der Waals surface area contributed by atoms with Crippen molar-refractivity contribution >= 4 is 23.5 Å². The molecule has 24 heavy (non-hydrogen) atoms. The van der Waals surface area contributed by atoms with Crippen molar-refractivity contribution in [1.82, 2.24) is 5.32 Å². The second kappa shape index (κ2) is 7.03. The van der Waals surface area contributed by atoms with Crippen LogP contribution in [-0.2, 0) is 14.4 Å². The lowest BCUT2D eigenvalue weighted by molar-refractivity contribution is -0.138. The van der Waals surface area contributed by atoms with E-state index in [0.717, 1.165) is 11.3 Å². The molecule has 2 N–H and O–H groups in total. The van der Waals surface area contributed by atoms with Crippen LogP contribution in [0.1, 0.15) is 38.7 Å². The van der Waals surface area contributed by atoms with Crippen LogP contribution < -0.4 is 10.2 Å². The number of carbonyl (C=O) groups is 3. The molecule has 1 aliphatic rings. The van der Waals surface area contributed by atoms with Gasteiger partial charge in [0.05, 0.1) is 5.92 Å². The highest BCUT2D eigenvalue weighted by Crippen LogP contribution is 2.26. The maximum absolute atomic E-state index is 12.4. The first kappa shape index (κ1) is 18.0. The van der Waals surface area contributed by atoms with E-state index >= 15 is 0 Å². The normalized spacial score (nSPS) is 17.9. The summed E-state index contributed by atoms with van der Waals surface area (Å²) in [5.41, 5.74) is 1.29. The number of hydrogen-bond acceptors (Lipinski definition) is 3. The van der Waals surface area contributed by atoms with Crippen LogP contribution in [0.5, 0.6) is 0 Å². The molecule has 0 spiro atoms. The molecule has 2 rings (SSSR count). The third-order valence-electron chi connectivity index (χ3n) is 4.27. The maximum atomic E-state index is 12.4. The number of aryl methyl sites for hydroxylation is 1. The van der Waals surface area contributed by atoms with Crippen LogP contribution >= 0.6 is 0 Å². The highest BCUT2D eigenvalue weighted by atomic mass is 16.4. The lowest BCUT2D eigenvalue weighted by Crippen LogP contribution is -2.46. The van der Waals surface area contributed by atoms with Crippen molar-refractivity contribution in [3.63, 3.8) is 0 Å². The number of amides is 2. The number of carboxylic acids is 1. The Morgan fingerprint density at radius 2 is 1.92 bits per heavy atom.